The molecule has 11 aromatic rings. The molecule has 758 valence electrons. The predicted octanol–water partition coefficient (Wildman–Crippen LogP) is 25.1. The van der Waals surface area contributed by atoms with Gasteiger partial charge in [-0.25, -0.2) is 63.5 Å². The maximum absolute atomic E-state index is 14.2. The molecule has 4 fully saturated rings. The van der Waals surface area contributed by atoms with Crippen molar-refractivity contribution in [3.63, 3.8) is 0 Å². The van der Waals surface area contributed by atoms with Gasteiger partial charge in [0.2, 0.25) is 11.8 Å². The first-order valence-electron chi connectivity index (χ1n) is 45.4. The van der Waals surface area contributed by atoms with Crippen LogP contribution < -0.4 is 35.3 Å². The van der Waals surface area contributed by atoms with Crippen molar-refractivity contribution in [1.29, 1.82) is 0 Å². The van der Waals surface area contributed by atoms with Crippen molar-refractivity contribution in [1.82, 2.24) is 10.6 Å². The Bertz CT molecular complexity index is 6960. The molecule has 11 aromatic carbocycles. The van der Waals surface area contributed by atoms with Crippen molar-refractivity contribution in [2.24, 2.45) is 45.3 Å². The number of hydrogen-bond acceptors (Lipinski definition) is 17. The van der Waals surface area contributed by atoms with Gasteiger partial charge in [0.1, 0.15) is 128 Å². The van der Waals surface area contributed by atoms with Gasteiger partial charge >= 0.3 is 17.9 Å². The van der Waals surface area contributed by atoms with Gasteiger partial charge in [0, 0.05) is 110 Å². The highest BCUT2D eigenvalue weighted by molar-refractivity contribution is 6.67. The fraction of sp³-hybridized carbons (Fsp3) is 0.302. The number of carbonyl (C=O) groups excluding carboxylic acids is 5. The normalized spacial score (nSPS) is 19.7. The molecular formula is C106H86Cl9F10N5O15. The summed E-state index contributed by atoms with van der Waals surface area (Å²) < 4.78 is 182. The van der Waals surface area contributed by atoms with Crippen LogP contribution in [0.15, 0.2) is 162 Å². The molecule has 2 amide bonds. The van der Waals surface area contributed by atoms with Crippen LogP contribution in [-0.4, -0.2) is 137 Å². The molecule has 0 bridgehead atoms. The summed E-state index contributed by atoms with van der Waals surface area (Å²) in [6.45, 7) is 6.38. The number of nitrogens with one attached hydrogen (secondary N) is 2. The van der Waals surface area contributed by atoms with Crippen LogP contribution in [0.3, 0.4) is 0 Å². The van der Waals surface area contributed by atoms with Gasteiger partial charge in [-0.2, -0.15) is 0 Å². The Morgan fingerprint density at radius 2 is 0.690 bits per heavy atom. The zero-order valence-corrected chi connectivity index (χ0v) is 84.1. The third-order valence-electron chi connectivity index (χ3n) is 26.5. The largest absolute Gasteiger partial charge is 0.492 e. The smallest absolute Gasteiger partial charge is 0.328 e. The number of methoxy groups -OCH3 is 4. The van der Waals surface area contributed by atoms with Crippen LogP contribution in [0.25, 0.3) is 44.5 Å². The van der Waals surface area contributed by atoms with Gasteiger partial charge < -0.3 is 59.4 Å². The minimum Gasteiger partial charge on any atom is -0.492 e. The SMILES string of the molecule is COC(=O)[C@@H](N)Cc1ccc(-c2c(Cl)cc(F)cc2Cl)c2c1C1CC1CO2.COC(=O)[C@H](Cc1ccc(-c2c(Cl)cc(F)cc2Cl)c2c1C1CC1CO2)NC(=O)c1c(F)cccc1F.COC1=N[C@H](C(C)C)C(OC)=N[C@H]1Cc1ccc(-c2c(Cl)cc(F)cc2Cl)c2c1C1CC1CO2.O=C(Cl)c1c(F)cccc1F.O=C(N[C@@H](Cc1ccc(-c2c(Cl)cc(F)cc2Cl)c2c1C1CC1CO2)C(=O)O)c1c(F)cccc1F. The van der Waals surface area contributed by atoms with E-state index in [9.17, 15) is 77.8 Å². The van der Waals surface area contributed by atoms with E-state index < -0.39 is 128 Å². The quantitative estimate of drug-likeness (QED) is 0.0296. The number of halogens is 19. The molecule has 4 saturated carbocycles. The fourth-order valence-corrected chi connectivity index (χ4v) is 22.0. The molecule has 0 saturated heterocycles. The van der Waals surface area contributed by atoms with E-state index in [0.29, 0.717) is 142 Å². The van der Waals surface area contributed by atoms with E-state index in [-0.39, 0.29) is 88.8 Å². The van der Waals surface area contributed by atoms with Gasteiger partial charge in [-0.1, -0.05) is 173 Å². The maximum Gasteiger partial charge on any atom is 0.328 e. The van der Waals surface area contributed by atoms with Crippen molar-refractivity contribution in [3.05, 3.63) is 311 Å². The lowest BCUT2D eigenvalue weighted by Crippen LogP contribution is -2.43. The zero-order valence-electron chi connectivity index (χ0n) is 77.3. The molecule has 39 heteroatoms. The summed E-state index contributed by atoms with van der Waals surface area (Å²) in [5.74, 6) is -6.68. The minimum absolute atomic E-state index is 0.0193. The lowest BCUT2D eigenvalue weighted by Gasteiger charge is -2.29. The second kappa shape index (κ2) is 44.6. The number of ether oxygens (including phenoxy) is 8. The number of esters is 2. The van der Waals surface area contributed by atoms with Crippen molar-refractivity contribution in [2.75, 3.05) is 54.9 Å². The number of nitrogens with zero attached hydrogens (tertiary/aromatic N) is 2. The third kappa shape index (κ3) is 22.8. The Labute approximate surface area is 869 Å². The van der Waals surface area contributed by atoms with E-state index in [0.717, 1.165) is 162 Å². The molecule has 8 unspecified atom stereocenters. The number of hydrogen-bond donors (Lipinski definition) is 4. The van der Waals surface area contributed by atoms with Crippen molar-refractivity contribution in [3.8, 4) is 67.5 Å². The molecule has 20 nitrogen and oxygen atoms in total. The number of carboxylic acids is 1. The van der Waals surface area contributed by atoms with Crippen molar-refractivity contribution in [2.45, 2.75) is 119 Å². The molecule has 5 heterocycles. The molecule has 20 rings (SSSR count). The number of nitrogens with two attached hydrogens (primary N) is 1. The van der Waals surface area contributed by atoms with Crippen LogP contribution in [0.1, 0.15) is 139 Å². The van der Waals surface area contributed by atoms with E-state index in [2.05, 4.69) is 30.5 Å². The summed E-state index contributed by atoms with van der Waals surface area (Å²) in [5, 5.41) is 14.7. The van der Waals surface area contributed by atoms with Crippen LogP contribution in [0.5, 0.6) is 23.0 Å². The molecule has 0 spiro atoms. The molecule has 5 aliphatic heterocycles. The Morgan fingerprint density at radius 1 is 0.400 bits per heavy atom. The average molecular weight is 2180 g/mol. The van der Waals surface area contributed by atoms with Gasteiger partial charge in [0.25, 0.3) is 17.1 Å². The molecule has 9 aliphatic rings. The Morgan fingerprint density at radius 3 is 0.979 bits per heavy atom. The number of carboxylic acid groups (broad SMARTS) is 1. The molecule has 13 atom stereocenters. The van der Waals surface area contributed by atoms with Crippen LogP contribution in [0.4, 0.5) is 43.9 Å². The summed E-state index contributed by atoms with van der Waals surface area (Å²) in [5.41, 5.74) is 15.3. The van der Waals surface area contributed by atoms with Gasteiger partial charge in [0.05, 0.1) is 95.0 Å². The number of carbonyl (C=O) groups is 6. The predicted molar refractivity (Wildman–Crippen MR) is 530 cm³/mol. The molecule has 4 aliphatic carbocycles. The Kier molecular flexibility index (Phi) is 32.7. The van der Waals surface area contributed by atoms with E-state index in [1.165, 1.54) is 31.4 Å². The second-order valence-electron chi connectivity index (χ2n) is 36.2. The summed E-state index contributed by atoms with van der Waals surface area (Å²) in [6.07, 6.45) is 4.58. The first kappa shape index (κ1) is 106. The zero-order chi connectivity index (χ0) is 104. The molecule has 0 radical (unpaired) electrons. The molecule has 145 heavy (non-hydrogen) atoms. The lowest BCUT2D eigenvalue weighted by atomic mass is 9.89. The summed E-state index contributed by atoms with van der Waals surface area (Å²) in [6, 6.07) is 29.4. The number of benzene rings is 11. The highest BCUT2D eigenvalue weighted by Crippen LogP contribution is 2.63. The standard InChI is InChI=1S/C27H20Cl2F3NO4.C26H18Cl2F3NO4.C26H27Cl2FN2O3.C20H18Cl2FNO3.C7H3ClF2O/c1-36-27(35)21(33-26(34)24-19(31)3-2-4-20(24)32)8-12-5-6-15(23-17(28)9-14(30)10-18(23)29)25-22(12)16-7-13(16)11-37-25;27-16-8-13(29)9-17(28)22(16)14-5-4-11(21-15-6-12(15)10-36-24(14)21)7-20(26(34)35)32-25(33)23-18(30)2-1-3-19(23)31;1-12(2)23-26(33-4)30-20(25(31-23)32-3)8-13-5-6-16(22-18(27)9-15(29)10-19(22)28)24-21(13)17-7-14(17)11-34-24;1-26-20(25)16(24)5-9-2-3-12(18-14(21)6-11(23)7-15(18)22)19-17(9)13-4-10(13)8-27-19;8-7(11)6-4(9)2-1-3-5(6)10/h2-6,9-10,13,16,21H,7-8,11H2,1H3,(H,33,34);1-5,8-9,12,15,20H,6-7,10H2,(H,32,33)(H,34,35);5-6,9-10,12,14,17,20,23H,7-8,11H2,1-4H3;2-3,6-7,10,13,16H,4-5,8,24H2,1H3;1-3H/t13?,16?,21-;12?,15?,20-;14?,17?,20-,23+;10?,13?,16-;/m0000./s1. The van der Waals surface area contributed by atoms with Crippen molar-refractivity contribution < 1.29 is 116 Å². The first-order chi connectivity index (χ1) is 69.2. The number of amides is 2. The van der Waals surface area contributed by atoms with E-state index in [1.807, 2.05) is 18.2 Å². The van der Waals surface area contributed by atoms with Crippen LogP contribution in [0, 0.1) is 87.8 Å². The second-order valence-corrected chi connectivity index (χ2v) is 39.8. The topological polar surface area (TPSA) is 271 Å². The monoisotopic (exact) mass is 2170 g/mol. The maximum atomic E-state index is 14.2. The average Bonchev–Trinajstić information content (AvgIpc) is 1.46. The van der Waals surface area contributed by atoms with Gasteiger partial charge in [-0.05, 0) is 180 Å². The molecular weight excluding hydrogens is 2090 g/mol. The number of fused-ring (bicyclic) bond motifs is 12. The Balaban J connectivity index is 0.000000134. The van der Waals surface area contributed by atoms with Gasteiger partial charge in [-0.15, -0.1) is 0 Å². The summed E-state index contributed by atoms with van der Waals surface area (Å²) in [7, 11) is 5.74. The van der Waals surface area contributed by atoms with Gasteiger partial charge in [-0.3, -0.25) is 19.2 Å². The fourth-order valence-electron chi connectivity index (χ4n) is 19.1. The van der Waals surface area contributed by atoms with E-state index in [1.54, 1.807) is 38.5 Å². The third-order valence-corrected chi connectivity index (χ3v) is 29.0. The van der Waals surface area contributed by atoms with Crippen LogP contribution in [-0.2, 0) is 59.0 Å². The molecule has 5 N–H and O–H groups in total. The van der Waals surface area contributed by atoms with Crippen LogP contribution >= 0.6 is 104 Å². The van der Waals surface area contributed by atoms with Crippen molar-refractivity contribution >= 4 is 151 Å². The molecule has 0 aromatic heterocycles. The first-order valence-corrected chi connectivity index (χ1v) is 48.8. The number of rotatable bonds is 21. The van der Waals surface area contributed by atoms with E-state index in [4.69, 9.17) is 158 Å². The minimum atomic E-state index is -1.47. The highest BCUT2D eigenvalue weighted by atomic mass is 35.5. The summed E-state index contributed by atoms with van der Waals surface area (Å²) >= 11 is 55.6. The summed E-state index contributed by atoms with van der Waals surface area (Å²) in [4.78, 5) is 81.7. The highest BCUT2D eigenvalue weighted by Gasteiger charge is 2.51. The van der Waals surface area contributed by atoms with Gasteiger partial charge in [0.15, 0.2) is 0 Å². The number of aliphatic carboxylic acids is 1. The van der Waals surface area contributed by atoms with E-state index >= 15 is 0 Å². The lowest BCUT2D eigenvalue weighted by molar-refractivity contribution is -0.143. The Hall–Kier alpha value is -11.6. The number of aliphatic imine (C=N–C) groups is 2. The van der Waals surface area contributed by atoms with Crippen LogP contribution in [0.2, 0.25) is 40.2 Å².